The van der Waals surface area contributed by atoms with E-state index in [1.807, 2.05) is 0 Å². The van der Waals surface area contributed by atoms with Gasteiger partial charge in [-0.05, 0) is 23.8 Å². The molecule has 25 heavy (non-hydrogen) atoms. The second-order valence-electron chi connectivity index (χ2n) is 5.65. The van der Waals surface area contributed by atoms with Crippen LogP contribution in [0.25, 0.3) is 10.9 Å². The van der Waals surface area contributed by atoms with E-state index in [0.29, 0.717) is 5.52 Å². The van der Waals surface area contributed by atoms with Crippen molar-refractivity contribution in [3.05, 3.63) is 81.0 Å². The molecular weight excluding hydrogens is 357 g/mol. The van der Waals surface area contributed by atoms with Crippen molar-refractivity contribution in [3.63, 3.8) is 0 Å². The number of H-pyrrole nitrogens is 1. The fourth-order valence-electron chi connectivity index (χ4n) is 3.09. The van der Waals surface area contributed by atoms with Gasteiger partial charge >= 0.3 is 6.18 Å². The zero-order valence-corrected chi connectivity index (χ0v) is 13.4. The summed E-state index contributed by atoms with van der Waals surface area (Å²) in [5, 5.41) is 11.7. The summed E-state index contributed by atoms with van der Waals surface area (Å²) in [6.07, 6.45) is -3.70. The Hall–Kier alpha value is -2.54. The van der Waals surface area contributed by atoms with Gasteiger partial charge in [0.2, 0.25) is 6.54 Å². The van der Waals surface area contributed by atoms with Crippen LogP contribution in [0.5, 0.6) is 0 Å². The van der Waals surface area contributed by atoms with Crippen molar-refractivity contribution in [1.29, 1.82) is 0 Å². The molecule has 0 amide bonds. The predicted octanol–water partition coefficient (Wildman–Crippen LogP) is 4.95. The summed E-state index contributed by atoms with van der Waals surface area (Å²) in [6, 6.07) is 11.4. The summed E-state index contributed by atoms with van der Waals surface area (Å²) in [5.41, 5.74) is -2.73. The first-order valence-electron chi connectivity index (χ1n) is 7.27. The number of alkyl halides is 3. The third kappa shape index (κ3) is 2.84. The quantitative estimate of drug-likeness (QED) is 0.523. The van der Waals surface area contributed by atoms with Crippen LogP contribution in [0.4, 0.5) is 13.2 Å². The minimum atomic E-state index is -4.89. The molecule has 0 bridgehead atoms. The summed E-state index contributed by atoms with van der Waals surface area (Å²) in [5.74, 6) is 0. The Balaban J connectivity index is 2.38. The number of rotatable bonds is 4. The van der Waals surface area contributed by atoms with Gasteiger partial charge in [0.1, 0.15) is 0 Å². The minimum absolute atomic E-state index is 0.186. The molecule has 0 spiro atoms. The molecule has 1 N–H and O–H groups in total. The van der Waals surface area contributed by atoms with Gasteiger partial charge in [-0.1, -0.05) is 41.9 Å². The monoisotopic (exact) mass is 368 g/mol. The van der Waals surface area contributed by atoms with Gasteiger partial charge in [-0.15, -0.1) is 0 Å². The molecule has 0 fully saturated rings. The first-order valence-corrected chi connectivity index (χ1v) is 7.64. The van der Waals surface area contributed by atoms with E-state index >= 15 is 0 Å². The summed E-state index contributed by atoms with van der Waals surface area (Å²) in [4.78, 5) is 13.0. The van der Waals surface area contributed by atoms with Crippen LogP contribution in [0.1, 0.15) is 11.1 Å². The summed E-state index contributed by atoms with van der Waals surface area (Å²) in [6.45, 7) is -1.32. The van der Waals surface area contributed by atoms with Gasteiger partial charge < -0.3 is 4.98 Å². The van der Waals surface area contributed by atoms with Crippen molar-refractivity contribution in [2.45, 2.75) is 11.6 Å². The van der Waals surface area contributed by atoms with Gasteiger partial charge in [0, 0.05) is 32.6 Å². The number of benzene rings is 2. The molecule has 3 rings (SSSR count). The Morgan fingerprint density at radius 3 is 2.32 bits per heavy atom. The number of fused-ring (bicyclic) bond motifs is 1. The van der Waals surface area contributed by atoms with Crippen molar-refractivity contribution in [2.75, 3.05) is 6.54 Å². The SMILES string of the molecule is O=[N+]([O-])C[C@@](c1ccc(Cl)cc1)(c1c[nH]c2ccccc12)C(F)(F)F. The van der Waals surface area contributed by atoms with Crippen LogP contribution in [0, 0.1) is 10.1 Å². The second kappa shape index (κ2) is 6.07. The molecular formula is C17H12ClF3N2O2. The van der Waals surface area contributed by atoms with E-state index in [2.05, 4.69) is 4.98 Å². The number of nitrogens with one attached hydrogen (secondary N) is 1. The number of aromatic amines is 1. The molecule has 0 radical (unpaired) electrons. The molecule has 1 atom stereocenters. The number of aromatic nitrogens is 1. The Bertz CT molecular complexity index is 922. The van der Waals surface area contributed by atoms with Crippen LogP contribution in [-0.4, -0.2) is 22.6 Å². The Labute approximate surface area is 145 Å². The average molecular weight is 369 g/mol. The molecule has 8 heteroatoms. The number of nitrogens with zero attached hydrogens (tertiary/aromatic N) is 1. The molecule has 3 aromatic rings. The summed E-state index contributed by atoms with van der Waals surface area (Å²) in [7, 11) is 0. The molecule has 0 unspecified atom stereocenters. The highest BCUT2D eigenvalue weighted by Gasteiger charge is 2.61. The Morgan fingerprint density at radius 1 is 1.08 bits per heavy atom. The van der Waals surface area contributed by atoms with Crippen molar-refractivity contribution >= 4 is 22.5 Å². The molecule has 0 saturated carbocycles. The largest absolute Gasteiger partial charge is 0.408 e. The lowest BCUT2D eigenvalue weighted by Crippen LogP contribution is -2.48. The first-order chi connectivity index (χ1) is 11.8. The van der Waals surface area contributed by atoms with Crippen molar-refractivity contribution in [2.24, 2.45) is 0 Å². The van der Waals surface area contributed by atoms with E-state index in [9.17, 15) is 23.3 Å². The van der Waals surface area contributed by atoms with Gasteiger partial charge in [0.15, 0.2) is 5.41 Å². The van der Waals surface area contributed by atoms with Crippen molar-refractivity contribution in [1.82, 2.24) is 4.98 Å². The Kier molecular flexibility index (Phi) is 4.20. The van der Waals surface area contributed by atoms with Crippen LogP contribution in [-0.2, 0) is 5.41 Å². The van der Waals surface area contributed by atoms with E-state index < -0.39 is 23.1 Å². The molecule has 0 aliphatic carbocycles. The highest BCUT2D eigenvalue weighted by molar-refractivity contribution is 6.30. The van der Waals surface area contributed by atoms with E-state index in [1.54, 1.807) is 18.2 Å². The third-order valence-electron chi connectivity index (χ3n) is 4.24. The third-order valence-corrected chi connectivity index (χ3v) is 4.49. The van der Waals surface area contributed by atoms with Gasteiger partial charge in [-0.25, -0.2) is 0 Å². The zero-order chi connectivity index (χ0) is 18.2. The maximum Gasteiger partial charge on any atom is 0.408 e. The van der Waals surface area contributed by atoms with Crippen molar-refractivity contribution < 1.29 is 18.1 Å². The lowest BCUT2D eigenvalue weighted by molar-refractivity contribution is -0.498. The van der Waals surface area contributed by atoms with Crippen LogP contribution in [0.2, 0.25) is 5.02 Å². The number of nitro groups is 1. The van der Waals surface area contributed by atoms with E-state index in [-0.39, 0.29) is 21.5 Å². The Morgan fingerprint density at radius 2 is 1.72 bits per heavy atom. The lowest BCUT2D eigenvalue weighted by atomic mass is 9.73. The fourth-order valence-corrected chi connectivity index (χ4v) is 3.22. The van der Waals surface area contributed by atoms with Crippen molar-refractivity contribution in [3.8, 4) is 0 Å². The summed E-state index contributed by atoms with van der Waals surface area (Å²) >= 11 is 5.78. The normalized spacial score (nSPS) is 14.4. The minimum Gasteiger partial charge on any atom is -0.361 e. The van der Waals surface area contributed by atoms with Crippen LogP contribution in [0.3, 0.4) is 0 Å². The fraction of sp³-hybridized carbons (Fsp3) is 0.176. The number of hydrogen-bond donors (Lipinski definition) is 1. The smallest absolute Gasteiger partial charge is 0.361 e. The highest BCUT2D eigenvalue weighted by Crippen LogP contribution is 2.48. The van der Waals surface area contributed by atoms with E-state index in [0.717, 1.165) is 0 Å². The van der Waals surface area contributed by atoms with E-state index in [1.165, 1.54) is 36.5 Å². The van der Waals surface area contributed by atoms with Crippen LogP contribution >= 0.6 is 11.6 Å². The topological polar surface area (TPSA) is 58.9 Å². The standard InChI is InChI=1S/C17H12ClF3N2O2/c18-12-7-5-11(6-8-12)16(10-23(24)25,17(19,20)21)14-9-22-15-4-2-1-3-13(14)15/h1-9,22H,10H2/t16-/m1/s1. The molecule has 4 nitrogen and oxygen atoms in total. The molecule has 2 aromatic carbocycles. The number of hydrogen-bond acceptors (Lipinski definition) is 2. The van der Waals surface area contributed by atoms with Crippen LogP contribution in [0.15, 0.2) is 54.7 Å². The predicted molar refractivity (Wildman–Crippen MR) is 88.4 cm³/mol. The number of para-hydroxylation sites is 1. The van der Waals surface area contributed by atoms with Gasteiger partial charge in [0.05, 0.1) is 0 Å². The lowest BCUT2D eigenvalue weighted by Gasteiger charge is -2.32. The molecule has 1 heterocycles. The summed E-state index contributed by atoms with van der Waals surface area (Å²) < 4.78 is 42.8. The molecule has 1 aromatic heterocycles. The molecule has 0 saturated heterocycles. The molecule has 0 aliphatic rings. The maximum absolute atomic E-state index is 14.3. The maximum atomic E-state index is 14.3. The van der Waals surface area contributed by atoms with Gasteiger partial charge in [-0.2, -0.15) is 13.2 Å². The molecule has 0 aliphatic heterocycles. The zero-order valence-electron chi connectivity index (χ0n) is 12.7. The van der Waals surface area contributed by atoms with Crippen LogP contribution < -0.4 is 0 Å². The van der Waals surface area contributed by atoms with Gasteiger partial charge in [0.25, 0.3) is 0 Å². The van der Waals surface area contributed by atoms with E-state index in [4.69, 9.17) is 11.6 Å². The van der Waals surface area contributed by atoms with Gasteiger partial charge in [-0.3, -0.25) is 10.1 Å². The second-order valence-corrected chi connectivity index (χ2v) is 6.09. The number of halogens is 4. The molecule has 130 valence electrons. The highest BCUT2D eigenvalue weighted by atomic mass is 35.5. The average Bonchev–Trinajstić information content (AvgIpc) is 2.96. The first kappa shape index (κ1) is 17.3.